The lowest BCUT2D eigenvalue weighted by atomic mass is 10.1. The molecule has 0 aliphatic carbocycles. The van der Waals surface area contributed by atoms with E-state index in [0.29, 0.717) is 6.42 Å². The number of hydrogen-bond acceptors (Lipinski definition) is 3. The zero-order valence-electron chi connectivity index (χ0n) is 9.00. The van der Waals surface area contributed by atoms with Gasteiger partial charge in [0.2, 0.25) is 0 Å². The Balaban J connectivity index is 2.36. The van der Waals surface area contributed by atoms with Crippen LogP contribution in [-0.2, 0) is 0 Å². The molecule has 1 atom stereocenters. The zero-order chi connectivity index (χ0) is 11.5. The van der Waals surface area contributed by atoms with Gasteiger partial charge < -0.3 is 4.90 Å². The molecule has 0 spiro atoms. The molecule has 0 amide bonds. The molecule has 1 aromatic rings. The Kier molecular flexibility index (Phi) is 2.90. The minimum absolute atomic E-state index is 0.202. The molecular weight excluding hydrogens is 204 g/mol. The molecule has 2 rings (SSSR count). The smallest absolute Gasteiger partial charge is 0.287 e. The van der Waals surface area contributed by atoms with E-state index in [2.05, 4.69) is 6.58 Å². The number of nitro groups is 1. The minimum Gasteiger partial charge on any atom is -0.309 e. The second-order valence-electron chi connectivity index (χ2n) is 3.86. The van der Waals surface area contributed by atoms with Crippen LogP contribution in [-0.4, -0.2) is 17.6 Å². The van der Waals surface area contributed by atoms with Crippen molar-refractivity contribution in [3.63, 3.8) is 0 Å². The second-order valence-corrected chi connectivity index (χ2v) is 3.86. The molecule has 84 valence electrons. The molecule has 0 bridgehead atoms. The van der Waals surface area contributed by atoms with Gasteiger partial charge in [0, 0.05) is 23.6 Å². The Hall–Kier alpha value is -1.84. The van der Waals surface area contributed by atoms with Gasteiger partial charge in [-0.25, -0.2) is 0 Å². The van der Waals surface area contributed by atoms with E-state index in [1.54, 1.807) is 6.08 Å². The van der Waals surface area contributed by atoms with E-state index in [9.17, 15) is 10.1 Å². The highest BCUT2D eigenvalue weighted by atomic mass is 16.6. The van der Waals surface area contributed by atoms with Crippen molar-refractivity contribution in [2.24, 2.45) is 0 Å². The number of para-hydroxylation sites is 1. The summed E-state index contributed by atoms with van der Waals surface area (Å²) < 4.78 is 0. The van der Waals surface area contributed by atoms with Crippen molar-refractivity contribution in [3.8, 4) is 0 Å². The number of rotatable bonds is 3. The lowest BCUT2D eigenvalue weighted by Gasteiger charge is -2.22. The van der Waals surface area contributed by atoms with Crippen LogP contribution < -0.4 is 4.90 Å². The first-order chi connectivity index (χ1) is 7.74. The van der Waals surface area contributed by atoms with Gasteiger partial charge in [-0.3, -0.25) is 10.1 Å². The van der Waals surface area contributed by atoms with Crippen LogP contribution in [0.25, 0.3) is 6.08 Å². The van der Waals surface area contributed by atoms with Gasteiger partial charge in [-0.05, 0) is 18.1 Å². The van der Waals surface area contributed by atoms with Gasteiger partial charge in [0.1, 0.15) is 0 Å². The van der Waals surface area contributed by atoms with E-state index in [1.807, 2.05) is 29.2 Å². The molecule has 16 heavy (non-hydrogen) atoms. The molecule has 0 radical (unpaired) electrons. The first-order valence-corrected chi connectivity index (χ1v) is 5.35. The molecule has 1 aliphatic rings. The predicted octanol–water partition coefficient (Wildman–Crippen LogP) is 2.53. The lowest BCUT2D eigenvalue weighted by Crippen LogP contribution is -2.35. The van der Waals surface area contributed by atoms with Gasteiger partial charge in [-0.1, -0.05) is 30.9 Å². The Morgan fingerprint density at radius 3 is 2.94 bits per heavy atom. The summed E-state index contributed by atoms with van der Waals surface area (Å²) in [5, 5.41) is 10.9. The fraction of sp³-hybridized carbons (Fsp3) is 0.333. The molecule has 1 heterocycles. The number of nitrogens with zero attached hydrogens (tertiary/aromatic N) is 2. The zero-order valence-corrected chi connectivity index (χ0v) is 9.00. The van der Waals surface area contributed by atoms with E-state index in [-0.39, 0.29) is 4.92 Å². The number of hydrogen-bond donors (Lipinski definition) is 0. The summed E-state index contributed by atoms with van der Waals surface area (Å²) >= 11 is 0. The van der Waals surface area contributed by atoms with Crippen molar-refractivity contribution < 1.29 is 4.92 Å². The van der Waals surface area contributed by atoms with Crippen LogP contribution in [0.5, 0.6) is 0 Å². The third-order valence-electron chi connectivity index (χ3n) is 2.93. The molecule has 0 N–H and O–H groups in total. The van der Waals surface area contributed by atoms with Gasteiger partial charge in [0.15, 0.2) is 0 Å². The standard InChI is InChI=1S/C12H14N2O2/c1-2-10-6-3-4-7-11(10)13-9-5-8-12(13)14(15)16/h2-4,6-7,12H,1,5,8-9H2. The summed E-state index contributed by atoms with van der Waals surface area (Å²) in [5.41, 5.74) is 1.87. The number of benzene rings is 1. The normalized spacial score (nSPS) is 19.8. The monoisotopic (exact) mass is 218 g/mol. The molecular formula is C12H14N2O2. The van der Waals surface area contributed by atoms with E-state index in [0.717, 1.165) is 24.2 Å². The van der Waals surface area contributed by atoms with E-state index >= 15 is 0 Å². The van der Waals surface area contributed by atoms with Crippen LogP contribution >= 0.6 is 0 Å². The Bertz CT molecular complexity index is 417. The average Bonchev–Trinajstić information content (AvgIpc) is 2.77. The van der Waals surface area contributed by atoms with Gasteiger partial charge in [-0.2, -0.15) is 0 Å². The van der Waals surface area contributed by atoms with Crippen molar-refractivity contribution >= 4 is 11.8 Å². The van der Waals surface area contributed by atoms with Gasteiger partial charge in [0.25, 0.3) is 6.17 Å². The van der Waals surface area contributed by atoms with Crippen LogP contribution in [0.3, 0.4) is 0 Å². The fourth-order valence-electron chi connectivity index (χ4n) is 2.17. The van der Waals surface area contributed by atoms with Crippen LogP contribution in [0.1, 0.15) is 18.4 Å². The van der Waals surface area contributed by atoms with E-state index in [1.165, 1.54) is 0 Å². The van der Waals surface area contributed by atoms with Crippen molar-refractivity contribution in [3.05, 3.63) is 46.5 Å². The van der Waals surface area contributed by atoms with Crippen LogP contribution in [0.2, 0.25) is 0 Å². The summed E-state index contributed by atoms with van der Waals surface area (Å²) in [5.74, 6) is 0. The topological polar surface area (TPSA) is 46.4 Å². The molecule has 4 nitrogen and oxygen atoms in total. The third-order valence-corrected chi connectivity index (χ3v) is 2.93. The van der Waals surface area contributed by atoms with Crippen molar-refractivity contribution in [1.29, 1.82) is 0 Å². The highest BCUT2D eigenvalue weighted by Crippen LogP contribution is 2.29. The highest BCUT2D eigenvalue weighted by Gasteiger charge is 2.34. The summed E-state index contributed by atoms with van der Waals surface area (Å²) in [7, 11) is 0. The summed E-state index contributed by atoms with van der Waals surface area (Å²) in [4.78, 5) is 12.6. The lowest BCUT2D eigenvalue weighted by molar-refractivity contribution is -0.519. The second kappa shape index (κ2) is 4.35. The first kappa shape index (κ1) is 10.7. The fourth-order valence-corrected chi connectivity index (χ4v) is 2.17. The maximum absolute atomic E-state index is 10.9. The van der Waals surface area contributed by atoms with Crippen LogP contribution in [0, 0.1) is 10.1 Å². The molecule has 1 fully saturated rings. The Morgan fingerprint density at radius 1 is 1.50 bits per heavy atom. The largest absolute Gasteiger partial charge is 0.309 e. The van der Waals surface area contributed by atoms with E-state index in [4.69, 9.17) is 0 Å². The number of anilines is 1. The molecule has 1 unspecified atom stereocenters. The molecule has 4 heteroatoms. The Morgan fingerprint density at radius 2 is 2.25 bits per heavy atom. The van der Waals surface area contributed by atoms with Crippen LogP contribution in [0.4, 0.5) is 5.69 Å². The average molecular weight is 218 g/mol. The van der Waals surface area contributed by atoms with Gasteiger partial charge in [0.05, 0.1) is 0 Å². The molecule has 1 saturated heterocycles. The van der Waals surface area contributed by atoms with Crippen molar-refractivity contribution in [2.75, 3.05) is 11.4 Å². The maximum Gasteiger partial charge on any atom is 0.287 e. The molecule has 1 aromatic carbocycles. The predicted molar refractivity (Wildman–Crippen MR) is 63.9 cm³/mol. The van der Waals surface area contributed by atoms with E-state index < -0.39 is 6.17 Å². The van der Waals surface area contributed by atoms with Crippen molar-refractivity contribution in [1.82, 2.24) is 0 Å². The van der Waals surface area contributed by atoms with Gasteiger partial charge >= 0.3 is 0 Å². The summed E-state index contributed by atoms with van der Waals surface area (Å²) in [6.45, 7) is 4.48. The van der Waals surface area contributed by atoms with Crippen LogP contribution in [0.15, 0.2) is 30.8 Å². The van der Waals surface area contributed by atoms with Crippen molar-refractivity contribution in [2.45, 2.75) is 19.0 Å². The summed E-state index contributed by atoms with van der Waals surface area (Å²) in [6, 6.07) is 7.66. The minimum atomic E-state index is -0.582. The maximum atomic E-state index is 10.9. The Labute approximate surface area is 94.3 Å². The highest BCUT2D eigenvalue weighted by molar-refractivity contribution is 5.67. The van der Waals surface area contributed by atoms with Gasteiger partial charge in [-0.15, -0.1) is 0 Å². The molecule has 0 aromatic heterocycles. The molecule has 0 saturated carbocycles. The quantitative estimate of drug-likeness (QED) is 0.578. The SMILES string of the molecule is C=Cc1ccccc1N1CCCC1[N+](=O)[O-]. The molecule has 1 aliphatic heterocycles. The summed E-state index contributed by atoms with van der Waals surface area (Å²) in [6.07, 6.45) is 2.65. The first-order valence-electron chi connectivity index (χ1n) is 5.35. The third kappa shape index (κ3) is 1.78.